The highest BCUT2D eigenvalue weighted by atomic mass is 16.1. The summed E-state index contributed by atoms with van der Waals surface area (Å²) in [5.74, 6) is 0. The molecule has 0 aliphatic rings. The lowest BCUT2D eigenvalue weighted by atomic mass is 10.2. The summed E-state index contributed by atoms with van der Waals surface area (Å²) < 4.78 is 3.41. The molecule has 0 spiro atoms. The highest BCUT2D eigenvalue weighted by molar-refractivity contribution is 5.39. The maximum absolute atomic E-state index is 12.1. The molecule has 3 aromatic rings. The first-order valence-corrected chi connectivity index (χ1v) is 6.22. The molecule has 0 amide bonds. The van der Waals surface area contributed by atoms with Gasteiger partial charge in [-0.05, 0) is 30.7 Å². The predicted octanol–water partition coefficient (Wildman–Crippen LogP) is 1.72. The van der Waals surface area contributed by atoms with E-state index in [0.717, 1.165) is 11.3 Å². The summed E-state index contributed by atoms with van der Waals surface area (Å²) in [7, 11) is 0. The van der Waals surface area contributed by atoms with E-state index >= 15 is 0 Å². The fourth-order valence-electron chi connectivity index (χ4n) is 2.16. The summed E-state index contributed by atoms with van der Waals surface area (Å²) in [5, 5.41) is 9.02. The number of nitriles is 1. The topological polar surface area (TPSA) is 63.1 Å². The molecular weight excluding hydrogens is 252 g/mol. The van der Waals surface area contributed by atoms with Crippen LogP contribution in [0, 0.1) is 18.3 Å². The Hall–Kier alpha value is -2.87. The van der Waals surface area contributed by atoms with Crippen molar-refractivity contribution in [2.45, 2.75) is 13.5 Å². The Balaban J connectivity index is 2.03. The molecule has 0 fully saturated rings. The first kappa shape index (κ1) is 12.2. The molecule has 0 radical (unpaired) electrons. The van der Waals surface area contributed by atoms with Crippen LogP contribution in [0.5, 0.6) is 0 Å². The second-order valence-corrected chi connectivity index (χ2v) is 4.62. The standard InChI is InChI=1S/C15H12N4O/c1-11-5-7-19(15(20)13(11)8-16)10-12-9-18-6-3-2-4-14(18)17-12/h2-7,9H,10H2,1H3. The minimum Gasteiger partial charge on any atom is -0.308 e. The maximum atomic E-state index is 12.1. The Bertz CT molecular complexity index is 850. The molecule has 0 saturated heterocycles. The van der Waals surface area contributed by atoms with Gasteiger partial charge in [0.15, 0.2) is 0 Å². The Morgan fingerprint density at radius 3 is 2.90 bits per heavy atom. The van der Waals surface area contributed by atoms with Gasteiger partial charge < -0.3 is 8.97 Å². The second-order valence-electron chi connectivity index (χ2n) is 4.62. The second kappa shape index (κ2) is 4.67. The molecule has 3 rings (SSSR count). The van der Waals surface area contributed by atoms with E-state index in [0.29, 0.717) is 12.1 Å². The molecule has 0 aromatic carbocycles. The molecule has 20 heavy (non-hydrogen) atoms. The van der Waals surface area contributed by atoms with Gasteiger partial charge in [-0.1, -0.05) is 6.07 Å². The number of fused-ring (bicyclic) bond motifs is 1. The van der Waals surface area contributed by atoms with Crippen LogP contribution < -0.4 is 5.56 Å². The number of rotatable bonds is 2. The molecule has 0 aliphatic carbocycles. The van der Waals surface area contributed by atoms with Crippen LogP contribution in [0.3, 0.4) is 0 Å². The van der Waals surface area contributed by atoms with Crippen LogP contribution in [-0.4, -0.2) is 14.0 Å². The lowest BCUT2D eigenvalue weighted by Crippen LogP contribution is -2.23. The molecule has 0 bridgehead atoms. The van der Waals surface area contributed by atoms with Crippen molar-refractivity contribution in [1.29, 1.82) is 5.26 Å². The molecule has 0 N–H and O–H groups in total. The van der Waals surface area contributed by atoms with E-state index in [2.05, 4.69) is 4.98 Å². The normalized spacial score (nSPS) is 10.6. The number of imidazole rings is 1. The Kier molecular flexibility index (Phi) is 2.84. The van der Waals surface area contributed by atoms with Gasteiger partial charge in [0.1, 0.15) is 17.3 Å². The Morgan fingerprint density at radius 1 is 1.30 bits per heavy atom. The van der Waals surface area contributed by atoms with Gasteiger partial charge in [-0.15, -0.1) is 0 Å². The quantitative estimate of drug-likeness (QED) is 0.708. The molecular formula is C15H12N4O. The zero-order valence-corrected chi connectivity index (χ0v) is 10.9. The lowest BCUT2D eigenvalue weighted by Gasteiger charge is -2.04. The van der Waals surface area contributed by atoms with Gasteiger partial charge in [0, 0.05) is 18.6 Å². The molecule has 98 valence electrons. The summed E-state index contributed by atoms with van der Waals surface area (Å²) in [6, 6.07) is 9.47. The SMILES string of the molecule is Cc1ccn(Cc2cn3ccccc3n2)c(=O)c1C#N. The molecule has 0 aliphatic heterocycles. The average Bonchev–Trinajstić information content (AvgIpc) is 2.85. The van der Waals surface area contributed by atoms with E-state index in [1.807, 2.05) is 41.1 Å². The third kappa shape index (κ3) is 1.97. The largest absolute Gasteiger partial charge is 0.308 e. The van der Waals surface area contributed by atoms with Crippen molar-refractivity contribution in [1.82, 2.24) is 14.0 Å². The van der Waals surface area contributed by atoms with Crippen LogP contribution in [0.4, 0.5) is 0 Å². The minimum absolute atomic E-state index is 0.191. The smallest absolute Gasteiger partial charge is 0.269 e. The number of nitrogens with zero attached hydrogens (tertiary/aromatic N) is 4. The third-order valence-corrected chi connectivity index (χ3v) is 3.23. The van der Waals surface area contributed by atoms with Gasteiger partial charge >= 0.3 is 0 Å². The maximum Gasteiger partial charge on any atom is 0.269 e. The van der Waals surface area contributed by atoms with Crippen molar-refractivity contribution in [2.75, 3.05) is 0 Å². The summed E-state index contributed by atoms with van der Waals surface area (Å²) >= 11 is 0. The van der Waals surface area contributed by atoms with Crippen molar-refractivity contribution in [3.05, 3.63) is 70.0 Å². The number of aryl methyl sites for hydroxylation is 1. The van der Waals surface area contributed by atoms with Crippen molar-refractivity contribution in [2.24, 2.45) is 0 Å². The van der Waals surface area contributed by atoms with E-state index in [4.69, 9.17) is 5.26 Å². The van der Waals surface area contributed by atoms with Gasteiger partial charge in [0.05, 0.1) is 12.2 Å². The molecule has 5 heteroatoms. The van der Waals surface area contributed by atoms with Crippen LogP contribution in [0.1, 0.15) is 16.8 Å². The number of aromatic nitrogens is 3. The van der Waals surface area contributed by atoms with Gasteiger partial charge in [-0.25, -0.2) is 4.98 Å². The predicted molar refractivity (Wildman–Crippen MR) is 74.4 cm³/mol. The molecule has 3 heterocycles. The van der Waals surface area contributed by atoms with Gasteiger partial charge in [-0.3, -0.25) is 4.79 Å². The molecule has 0 atom stereocenters. The molecule has 3 aromatic heterocycles. The highest BCUT2D eigenvalue weighted by Gasteiger charge is 2.08. The first-order chi connectivity index (χ1) is 9.69. The first-order valence-electron chi connectivity index (χ1n) is 6.22. The van der Waals surface area contributed by atoms with Gasteiger partial charge in [0.25, 0.3) is 5.56 Å². The Labute approximate surface area is 115 Å². The molecule has 5 nitrogen and oxygen atoms in total. The zero-order chi connectivity index (χ0) is 14.1. The number of pyridine rings is 2. The van der Waals surface area contributed by atoms with E-state index in [1.165, 1.54) is 4.57 Å². The third-order valence-electron chi connectivity index (χ3n) is 3.23. The lowest BCUT2D eigenvalue weighted by molar-refractivity contribution is 0.739. The monoisotopic (exact) mass is 264 g/mol. The van der Waals surface area contributed by atoms with Gasteiger partial charge in [-0.2, -0.15) is 5.26 Å². The molecule has 0 unspecified atom stereocenters. The number of hydrogen-bond acceptors (Lipinski definition) is 3. The van der Waals surface area contributed by atoms with E-state index in [9.17, 15) is 4.79 Å². The van der Waals surface area contributed by atoms with Crippen LogP contribution in [-0.2, 0) is 6.54 Å². The van der Waals surface area contributed by atoms with E-state index < -0.39 is 0 Å². The van der Waals surface area contributed by atoms with Crippen molar-refractivity contribution < 1.29 is 0 Å². The summed E-state index contributed by atoms with van der Waals surface area (Å²) in [6.07, 6.45) is 5.49. The summed E-state index contributed by atoms with van der Waals surface area (Å²) in [6.45, 7) is 2.12. The molecule has 0 saturated carbocycles. The van der Waals surface area contributed by atoms with Crippen LogP contribution in [0.25, 0.3) is 5.65 Å². The number of hydrogen-bond donors (Lipinski definition) is 0. The van der Waals surface area contributed by atoms with Crippen molar-refractivity contribution in [3.63, 3.8) is 0 Å². The van der Waals surface area contributed by atoms with E-state index in [-0.39, 0.29) is 11.1 Å². The highest BCUT2D eigenvalue weighted by Crippen LogP contribution is 2.06. The van der Waals surface area contributed by atoms with Crippen LogP contribution in [0.15, 0.2) is 47.7 Å². The summed E-state index contributed by atoms with van der Waals surface area (Å²) in [5.41, 5.74) is 2.23. The van der Waals surface area contributed by atoms with E-state index in [1.54, 1.807) is 19.2 Å². The summed E-state index contributed by atoms with van der Waals surface area (Å²) in [4.78, 5) is 16.6. The van der Waals surface area contributed by atoms with Gasteiger partial charge in [0.2, 0.25) is 0 Å². The van der Waals surface area contributed by atoms with Crippen molar-refractivity contribution >= 4 is 5.65 Å². The van der Waals surface area contributed by atoms with Crippen LogP contribution in [0.2, 0.25) is 0 Å². The fourth-order valence-corrected chi connectivity index (χ4v) is 2.16. The van der Waals surface area contributed by atoms with Crippen LogP contribution >= 0.6 is 0 Å². The zero-order valence-electron chi connectivity index (χ0n) is 10.9. The minimum atomic E-state index is -0.274. The van der Waals surface area contributed by atoms with Crippen molar-refractivity contribution in [3.8, 4) is 6.07 Å². The Morgan fingerprint density at radius 2 is 2.15 bits per heavy atom. The fraction of sp³-hybridized carbons (Fsp3) is 0.133. The average molecular weight is 264 g/mol.